The summed E-state index contributed by atoms with van der Waals surface area (Å²) in [5, 5.41) is 12.1. The molecule has 0 unspecified atom stereocenters. The van der Waals surface area contributed by atoms with Crippen LogP contribution in [-0.4, -0.2) is 29.1 Å². The first-order valence-corrected chi connectivity index (χ1v) is 8.97. The first-order valence-electron chi connectivity index (χ1n) is 8.09. The molecule has 1 aliphatic rings. The predicted molar refractivity (Wildman–Crippen MR) is 112 cm³/mol. The average molecular weight is 408 g/mol. The molecule has 1 aromatic rings. The molecule has 144 valence electrons. The highest BCUT2D eigenvalue weighted by Crippen LogP contribution is 2.29. The molecule has 2 heterocycles. The summed E-state index contributed by atoms with van der Waals surface area (Å²) < 4.78 is 0. The van der Waals surface area contributed by atoms with Crippen LogP contribution in [0.2, 0.25) is 0 Å². The summed E-state index contributed by atoms with van der Waals surface area (Å²) in [6, 6.07) is 4.17. The van der Waals surface area contributed by atoms with Crippen molar-refractivity contribution >= 4 is 42.1 Å². The lowest BCUT2D eigenvalue weighted by molar-refractivity contribution is -0.118. The van der Waals surface area contributed by atoms with Crippen molar-refractivity contribution in [3.05, 3.63) is 34.0 Å². The fraction of sp³-hybridized carbons (Fsp3) is 0.611. The Kier molecular flexibility index (Phi) is 8.66. The van der Waals surface area contributed by atoms with Gasteiger partial charge in [0, 0.05) is 40.2 Å². The van der Waals surface area contributed by atoms with Crippen LogP contribution in [0.4, 0.5) is 0 Å². The van der Waals surface area contributed by atoms with Crippen LogP contribution in [0.1, 0.15) is 46.4 Å². The average Bonchev–Trinajstić information content (AvgIpc) is 2.99. The predicted octanol–water partition coefficient (Wildman–Crippen LogP) is 3.66. The molecule has 0 bridgehead atoms. The number of nitrogens with one attached hydrogen (secondary N) is 3. The third-order valence-electron chi connectivity index (χ3n) is 4.07. The molecule has 0 spiro atoms. The molecule has 4 nitrogen and oxygen atoms in total. The van der Waals surface area contributed by atoms with Crippen LogP contribution in [0.5, 0.6) is 0 Å². The van der Waals surface area contributed by atoms with Crippen molar-refractivity contribution in [3.8, 4) is 0 Å². The normalized spacial score (nSPS) is 17.9. The molecule has 0 radical (unpaired) electrons. The summed E-state index contributed by atoms with van der Waals surface area (Å²) in [4.78, 5) is 13.9. The van der Waals surface area contributed by atoms with E-state index in [4.69, 9.17) is 0 Å². The third kappa shape index (κ3) is 6.91. The van der Waals surface area contributed by atoms with Crippen molar-refractivity contribution in [2.24, 2.45) is 0 Å². The molecule has 0 aromatic carbocycles. The van der Waals surface area contributed by atoms with Crippen LogP contribution < -0.4 is 16.0 Å². The van der Waals surface area contributed by atoms with Gasteiger partial charge in [0.1, 0.15) is 0 Å². The maximum Gasteiger partial charge on any atom is 0.248 e. The van der Waals surface area contributed by atoms with Gasteiger partial charge in [-0.15, -0.1) is 36.2 Å². The van der Waals surface area contributed by atoms with Crippen molar-refractivity contribution in [1.29, 1.82) is 0 Å². The highest BCUT2D eigenvalue weighted by atomic mass is 35.5. The van der Waals surface area contributed by atoms with Gasteiger partial charge in [-0.1, -0.05) is 12.1 Å². The Labute approximate surface area is 168 Å². The molecule has 3 N–H and O–H groups in total. The SMILES string of the molecule is CC1(C)C=C(C(=O)NCC(C)(C)NCc2cccs2)C(C)(C)N1.Cl.Cl. The van der Waals surface area contributed by atoms with Crippen LogP contribution in [0, 0.1) is 0 Å². The zero-order valence-electron chi connectivity index (χ0n) is 15.9. The Morgan fingerprint density at radius 1 is 1.24 bits per heavy atom. The van der Waals surface area contributed by atoms with E-state index in [-0.39, 0.29) is 47.3 Å². The molecule has 2 rings (SSSR count). The number of rotatable bonds is 6. The van der Waals surface area contributed by atoms with Crippen molar-refractivity contribution in [1.82, 2.24) is 16.0 Å². The van der Waals surface area contributed by atoms with Gasteiger partial charge in [0.05, 0.1) is 0 Å². The molecule has 0 aliphatic carbocycles. The van der Waals surface area contributed by atoms with Crippen LogP contribution in [0.3, 0.4) is 0 Å². The Hall–Kier alpha value is -0.590. The second-order valence-electron chi connectivity index (χ2n) is 8.03. The van der Waals surface area contributed by atoms with E-state index < -0.39 is 0 Å². The zero-order valence-corrected chi connectivity index (χ0v) is 18.3. The molecule has 1 aromatic heterocycles. The summed E-state index contributed by atoms with van der Waals surface area (Å²) in [6.45, 7) is 13.9. The molecule has 7 heteroatoms. The maximum atomic E-state index is 12.6. The summed E-state index contributed by atoms with van der Waals surface area (Å²) in [6.07, 6.45) is 2.04. The minimum atomic E-state index is -0.303. The van der Waals surface area contributed by atoms with Crippen molar-refractivity contribution in [3.63, 3.8) is 0 Å². The van der Waals surface area contributed by atoms with E-state index in [0.29, 0.717) is 6.54 Å². The van der Waals surface area contributed by atoms with Gasteiger partial charge >= 0.3 is 0 Å². The summed E-state index contributed by atoms with van der Waals surface area (Å²) >= 11 is 1.74. The topological polar surface area (TPSA) is 53.2 Å². The van der Waals surface area contributed by atoms with Crippen LogP contribution in [-0.2, 0) is 11.3 Å². The number of amides is 1. The second kappa shape index (κ2) is 8.87. The lowest BCUT2D eigenvalue weighted by Crippen LogP contribution is -2.51. The smallest absolute Gasteiger partial charge is 0.248 e. The Morgan fingerprint density at radius 2 is 1.88 bits per heavy atom. The van der Waals surface area contributed by atoms with Crippen molar-refractivity contribution < 1.29 is 4.79 Å². The fourth-order valence-electron chi connectivity index (χ4n) is 3.00. The van der Waals surface area contributed by atoms with Crippen LogP contribution in [0.25, 0.3) is 0 Å². The molecular formula is C18H31Cl2N3OS. The van der Waals surface area contributed by atoms with E-state index >= 15 is 0 Å². The number of halogens is 2. The van der Waals surface area contributed by atoms with E-state index in [1.807, 2.05) is 19.9 Å². The molecule has 0 fully saturated rings. The third-order valence-corrected chi connectivity index (χ3v) is 4.95. The lowest BCUT2D eigenvalue weighted by atomic mass is 9.95. The van der Waals surface area contributed by atoms with E-state index in [1.165, 1.54) is 4.88 Å². The van der Waals surface area contributed by atoms with Crippen LogP contribution in [0.15, 0.2) is 29.2 Å². The monoisotopic (exact) mass is 407 g/mol. The molecule has 0 atom stereocenters. The maximum absolute atomic E-state index is 12.6. The minimum absolute atomic E-state index is 0. The van der Waals surface area contributed by atoms with Gasteiger partial charge in [0.25, 0.3) is 0 Å². The zero-order chi connectivity index (χ0) is 17.3. The molecule has 25 heavy (non-hydrogen) atoms. The van der Waals surface area contributed by atoms with E-state index in [2.05, 4.69) is 61.2 Å². The van der Waals surface area contributed by atoms with Gasteiger partial charge < -0.3 is 10.6 Å². The molecule has 0 saturated heterocycles. The fourth-order valence-corrected chi connectivity index (χ4v) is 3.64. The number of hydrogen-bond acceptors (Lipinski definition) is 4. The van der Waals surface area contributed by atoms with Crippen molar-refractivity contribution in [2.45, 2.75) is 64.7 Å². The Balaban J connectivity index is 0.00000288. The van der Waals surface area contributed by atoms with Crippen molar-refractivity contribution in [2.75, 3.05) is 6.54 Å². The van der Waals surface area contributed by atoms with Gasteiger partial charge in [-0.3, -0.25) is 10.1 Å². The molecular weight excluding hydrogens is 377 g/mol. The first-order chi connectivity index (χ1) is 10.5. The van der Waals surface area contributed by atoms with Gasteiger partial charge in [0.15, 0.2) is 0 Å². The summed E-state index contributed by atoms with van der Waals surface area (Å²) in [5.41, 5.74) is 0.202. The molecule has 0 saturated carbocycles. The Bertz CT molecular complexity index is 595. The molecule has 1 aliphatic heterocycles. The number of thiophene rings is 1. The summed E-state index contributed by atoms with van der Waals surface area (Å²) in [7, 11) is 0. The van der Waals surface area contributed by atoms with Gasteiger partial charge in [-0.25, -0.2) is 0 Å². The number of carbonyl (C=O) groups excluding carboxylic acids is 1. The van der Waals surface area contributed by atoms with Crippen LogP contribution >= 0.6 is 36.2 Å². The molecule has 1 amide bonds. The highest BCUT2D eigenvalue weighted by Gasteiger charge is 2.40. The van der Waals surface area contributed by atoms with E-state index in [0.717, 1.165) is 12.1 Å². The quantitative estimate of drug-likeness (QED) is 0.673. The summed E-state index contributed by atoms with van der Waals surface area (Å²) in [5.74, 6) is 0.0130. The first kappa shape index (κ1) is 24.4. The van der Waals surface area contributed by atoms with Gasteiger partial charge in [-0.05, 0) is 53.0 Å². The van der Waals surface area contributed by atoms with E-state index in [9.17, 15) is 4.79 Å². The minimum Gasteiger partial charge on any atom is -0.350 e. The Morgan fingerprint density at radius 3 is 2.36 bits per heavy atom. The number of carbonyl (C=O) groups is 1. The highest BCUT2D eigenvalue weighted by molar-refractivity contribution is 7.09. The second-order valence-corrected chi connectivity index (χ2v) is 9.06. The largest absolute Gasteiger partial charge is 0.350 e. The standard InChI is InChI=1S/C18H29N3OS.2ClH/c1-16(2)10-14(18(5,6)21-16)15(22)19-12-17(3,4)20-11-13-8-7-9-23-13;;/h7-10,20-21H,11-12H2,1-6H3,(H,19,22);2*1H. The van der Waals surface area contributed by atoms with E-state index in [1.54, 1.807) is 11.3 Å². The lowest BCUT2D eigenvalue weighted by Gasteiger charge is -2.29. The number of hydrogen-bond donors (Lipinski definition) is 3. The van der Waals surface area contributed by atoms with Gasteiger partial charge in [0.2, 0.25) is 5.91 Å². The van der Waals surface area contributed by atoms with Gasteiger partial charge in [-0.2, -0.15) is 0 Å².